The third kappa shape index (κ3) is 5.88. The topological polar surface area (TPSA) is 171 Å². The van der Waals surface area contributed by atoms with Gasteiger partial charge < -0.3 is 9.47 Å². The molecule has 0 radical (unpaired) electrons. The summed E-state index contributed by atoms with van der Waals surface area (Å²) in [7, 11) is 0. The number of barbiturate groups is 1. The van der Waals surface area contributed by atoms with Gasteiger partial charge in [0, 0.05) is 24.3 Å². The van der Waals surface area contributed by atoms with Crippen molar-refractivity contribution in [3.05, 3.63) is 104 Å². The van der Waals surface area contributed by atoms with Gasteiger partial charge in [0.25, 0.3) is 23.2 Å². The van der Waals surface area contributed by atoms with Crippen LogP contribution in [0.4, 0.5) is 21.9 Å². The lowest BCUT2D eigenvalue weighted by atomic mass is 10.1. The van der Waals surface area contributed by atoms with Crippen molar-refractivity contribution in [3.8, 4) is 11.5 Å². The zero-order chi connectivity index (χ0) is 28.1. The number of urea groups is 1. The van der Waals surface area contributed by atoms with Gasteiger partial charge in [-0.25, -0.2) is 9.69 Å². The smallest absolute Gasteiger partial charge is 0.335 e. The molecule has 4 rings (SSSR count). The van der Waals surface area contributed by atoms with Crippen LogP contribution < -0.4 is 19.7 Å². The Morgan fingerprint density at radius 1 is 0.872 bits per heavy atom. The first-order chi connectivity index (χ1) is 18.7. The molecule has 0 saturated carbocycles. The van der Waals surface area contributed by atoms with Crippen LogP contribution in [0.2, 0.25) is 0 Å². The van der Waals surface area contributed by atoms with Gasteiger partial charge in [-0.1, -0.05) is 12.1 Å². The lowest BCUT2D eigenvalue weighted by Crippen LogP contribution is -2.54. The molecule has 1 aliphatic heterocycles. The summed E-state index contributed by atoms with van der Waals surface area (Å²) in [6.07, 6.45) is 1.26. The van der Waals surface area contributed by atoms with Crippen LogP contribution in [0, 0.1) is 20.2 Å². The minimum atomic E-state index is -1.03. The fourth-order valence-electron chi connectivity index (χ4n) is 3.68. The van der Waals surface area contributed by atoms with Gasteiger partial charge in [-0.15, -0.1) is 0 Å². The first-order valence-electron chi connectivity index (χ1n) is 11.5. The minimum Gasteiger partial charge on any atom is -0.490 e. The summed E-state index contributed by atoms with van der Waals surface area (Å²) in [4.78, 5) is 59.5. The Labute approximate surface area is 220 Å². The number of nitro benzene ring substituents is 2. The Hall–Kier alpha value is -5.59. The zero-order valence-corrected chi connectivity index (χ0v) is 20.4. The molecular weight excluding hydrogens is 512 g/mol. The second kappa shape index (κ2) is 11.2. The van der Waals surface area contributed by atoms with E-state index >= 15 is 0 Å². The van der Waals surface area contributed by atoms with Gasteiger partial charge in [-0.2, -0.15) is 0 Å². The van der Waals surface area contributed by atoms with E-state index in [9.17, 15) is 34.6 Å². The van der Waals surface area contributed by atoms with Gasteiger partial charge in [0.2, 0.25) is 0 Å². The van der Waals surface area contributed by atoms with E-state index in [-0.39, 0.29) is 35.8 Å². The molecule has 3 aromatic rings. The fraction of sp³-hybridized carbons (Fsp3) is 0.115. The highest BCUT2D eigenvalue weighted by atomic mass is 16.6. The van der Waals surface area contributed by atoms with Gasteiger partial charge in [0.1, 0.15) is 12.2 Å². The normalized spacial score (nSPS) is 14.2. The highest BCUT2D eigenvalue weighted by Gasteiger charge is 2.37. The Morgan fingerprint density at radius 3 is 2.26 bits per heavy atom. The number of amides is 4. The maximum atomic E-state index is 13.1. The summed E-state index contributed by atoms with van der Waals surface area (Å²) in [6, 6.07) is 14.4. The Kier molecular flexibility index (Phi) is 7.61. The van der Waals surface area contributed by atoms with Crippen molar-refractivity contribution < 1.29 is 33.7 Å². The Morgan fingerprint density at radius 2 is 1.59 bits per heavy atom. The average Bonchev–Trinajstić information content (AvgIpc) is 2.91. The summed E-state index contributed by atoms with van der Waals surface area (Å²) < 4.78 is 11.5. The summed E-state index contributed by atoms with van der Waals surface area (Å²) in [6.45, 7) is 2.13. The number of non-ortho nitro benzene ring substituents is 2. The molecule has 1 heterocycles. The van der Waals surface area contributed by atoms with Crippen LogP contribution in [-0.2, 0) is 16.2 Å². The second-order valence-electron chi connectivity index (χ2n) is 8.09. The number of carbonyl (C=O) groups excluding carboxylic acids is 3. The highest BCUT2D eigenvalue weighted by Crippen LogP contribution is 2.31. The average molecular weight is 532 g/mol. The molecule has 0 aliphatic carbocycles. The lowest BCUT2D eigenvalue weighted by Gasteiger charge is -2.26. The predicted molar refractivity (Wildman–Crippen MR) is 137 cm³/mol. The number of carbonyl (C=O) groups is 3. The standard InChI is InChI=1S/C26H20N4O9/c1-2-38-23-13-17(8-11-22(23)39-15-16-6-9-18(10-7-16)29(34)35)12-21-24(31)27-26(33)28(25(21)32)19-4-3-5-20(14-19)30(36)37/h3-14H,2,15H2,1H3,(H,27,31,33)/b21-12+. The van der Waals surface area contributed by atoms with Crippen molar-refractivity contribution in [2.45, 2.75) is 13.5 Å². The molecule has 1 saturated heterocycles. The van der Waals surface area contributed by atoms with Crippen LogP contribution in [0.25, 0.3) is 6.08 Å². The van der Waals surface area contributed by atoms with Crippen molar-refractivity contribution in [2.75, 3.05) is 11.5 Å². The van der Waals surface area contributed by atoms with Crippen molar-refractivity contribution in [3.63, 3.8) is 0 Å². The van der Waals surface area contributed by atoms with Gasteiger partial charge in [0.15, 0.2) is 11.5 Å². The predicted octanol–water partition coefficient (Wildman–Crippen LogP) is 4.15. The summed E-state index contributed by atoms with van der Waals surface area (Å²) in [5.41, 5.74) is 0.246. The van der Waals surface area contributed by atoms with E-state index in [1.807, 2.05) is 0 Å². The zero-order valence-electron chi connectivity index (χ0n) is 20.4. The molecule has 13 nitrogen and oxygen atoms in total. The molecule has 198 valence electrons. The van der Waals surface area contributed by atoms with E-state index in [2.05, 4.69) is 5.32 Å². The van der Waals surface area contributed by atoms with Crippen molar-refractivity contribution in [1.29, 1.82) is 0 Å². The Balaban J connectivity index is 1.59. The molecule has 0 atom stereocenters. The molecule has 1 N–H and O–H groups in total. The molecule has 0 spiro atoms. The molecule has 39 heavy (non-hydrogen) atoms. The molecule has 0 bridgehead atoms. The highest BCUT2D eigenvalue weighted by molar-refractivity contribution is 6.39. The summed E-state index contributed by atoms with van der Waals surface area (Å²) in [5, 5.41) is 24.0. The van der Waals surface area contributed by atoms with Gasteiger partial charge in [0.05, 0.1) is 22.1 Å². The van der Waals surface area contributed by atoms with Crippen LogP contribution in [0.1, 0.15) is 18.1 Å². The number of rotatable bonds is 9. The minimum absolute atomic E-state index is 0.0433. The van der Waals surface area contributed by atoms with E-state index in [4.69, 9.17) is 9.47 Å². The maximum Gasteiger partial charge on any atom is 0.335 e. The number of nitro groups is 2. The monoisotopic (exact) mass is 532 g/mol. The summed E-state index contributed by atoms with van der Waals surface area (Å²) in [5.74, 6) is -1.22. The quantitative estimate of drug-likeness (QED) is 0.184. The van der Waals surface area contributed by atoms with Gasteiger partial charge in [-0.3, -0.25) is 35.1 Å². The number of nitrogens with zero attached hydrogens (tertiary/aromatic N) is 3. The molecule has 1 aliphatic rings. The number of imide groups is 2. The maximum absolute atomic E-state index is 13.1. The van der Waals surface area contributed by atoms with E-state index < -0.39 is 27.7 Å². The number of benzene rings is 3. The first kappa shape index (κ1) is 26.5. The molecule has 0 aromatic heterocycles. The van der Waals surface area contributed by atoms with Gasteiger partial charge in [-0.05, 0) is 54.5 Å². The first-order valence-corrected chi connectivity index (χ1v) is 11.5. The third-order valence-corrected chi connectivity index (χ3v) is 5.52. The SMILES string of the molecule is CCOc1cc(/C=C2\C(=O)NC(=O)N(c3cccc([N+](=O)[O-])c3)C2=O)ccc1OCc1ccc([N+](=O)[O-])cc1. The van der Waals surface area contributed by atoms with Crippen LogP contribution in [0.5, 0.6) is 11.5 Å². The Bertz CT molecular complexity index is 1520. The number of hydrogen-bond donors (Lipinski definition) is 1. The third-order valence-electron chi connectivity index (χ3n) is 5.52. The largest absolute Gasteiger partial charge is 0.490 e. The summed E-state index contributed by atoms with van der Waals surface area (Å²) >= 11 is 0. The number of ether oxygens (including phenoxy) is 2. The van der Waals surface area contributed by atoms with Crippen molar-refractivity contribution in [2.24, 2.45) is 0 Å². The van der Waals surface area contributed by atoms with Crippen LogP contribution >= 0.6 is 0 Å². The molecule has 0 unspecified atom stereocenters. The molecule has 13 heteroatoms. The molecular formula is C26H20N4O9. The number of anilines is 1. The molecule has 4 amide bonds. The van der Waals surface area contributed by atoms with E-state index in [0.29, 0.717) is 27.5 Å². The molecule has 3 aromatic carbocycles. The van der Waals surface area contributed by atoms with Crippen LogP contribution in [0.15, 0.2) is 72.3 Å². The molecule has 1 fully saturated rings. The van der Waals surface area contributed by atoms with Crippen molar-refractivity contribution in [1.82, 2.24) is 5.32 Å². The van der Waals surface area contributed by atoms with E-state index in [1.165, 1.54) is 42.5 Å². The lowest BCUT2D eigenvalue weighted by molar-refractivity contribution is -0.385. The van der Waals surface area contributed by atoms with Gasteiger partial charge >= 0.3 is 6.03 Å². The fourth-order valence-corrected chi connectivity index (χ4v) is 3.68. The van der Waals surface area contributed by atoms with Crippen LogP contribution in [-0.4, -0.2) is 34.3 Å². The second-order valence-corrected chi connectivity index (χ2v) is 8.09. The van der Waals surface area contributed by atoms with Crippen molar-refractivity contribution >= 4 is 41.0 Å². The van der Waals surface area contributed by atoms with Crippen LogP contribution in [0.3, 0.4) is 0 Å². The number of nitrogens with one attached hydrogen (secondary N) is 1. The van der Waals surface area contributed by atoms with E-state index in [1.54, 1.807) is 31.2 Å². The number of hydrogen-bond acceptors (Lipinski definition) is 9. The van der Waals surface area contributed by atoms with E-state index in [0.717, 1.165) is 6.07 Å².